The fraction of sp³-hybridized carbons (Fsp3) is 0.308. The third kappa shape index (κ3) is 3.88. The Kier molecular flexibility index (Phi) is 5.86. The van der Waals surface area contributed by atoms with Crippen LogP contribution in [0.25, 0.3) is 0 Å². The van der Waals surface area contributed by atoms with Crippen molar-refractivity contribution in [2.24, 2.45) is 0 Å². The maximum absolute atomic E-state index is 14.2. The van der Waals surface area contributed by atoms with E-state index in [1.165, 1.54) is 5.56 Å². The van der Waals surface area contributed by atoms with E-state index in [-0.39, 0.29) is 6.04 Å². The maximum Gasteiger partial charge on any atom is 0.199 e. The Labute approximate surface area is 190 Å². The average molecular weight is 448 g/mol. The van der Waals surface area contributed by atoms with E-state index >= 15 is 0 Å². The van der Waals surface area contributed by atoms with Crippen LogP contribution in [-0.2, 0) is 22.9 Å². The quantitative estimate of drug-likeness (QED) is 0.629. The Hall–Kier alpha value is -2.51. The number of nitrogens with one attached hydrogen (secondary N) is 1. The summed E-state index contributed by atoms with van der Waals surface area (Å²) in [4.78, 5) is 3.92. The van der Waals surface area contributed by atoms with Gasteiger partial charge in [-0.05, 0) is 23.3 Å². The molecule has 3 aromatic rings. The summed E-state index contributed by atoms with van der Waals surface area (Å²) in [5.74, 6) is 0. The number of benzene rings is 3. The van der Waals surface area contributed by atoms with Crippen LogP contribution in [0.3, 0.4) is 0 Å². The molecule has 166 valence electrons. The summed E-state index contributed by atoms with van der Waals surface area (Å²) < 4.78 is 28.4. The molecule has 0 aromatic heterocycles. The van der Waals surface area contributed by atoms with Gasteiger partial charge in [0.1, 0.15) is 0 Å². The van der Waals surface area contributed by atoms with Gasteiger partial charge < -0.3 is 5.32 Å². The van der Waals surface area contributed by atoms with Crippen LogP contribution in [0.1, 0.15) is 11.1 Å². The highest BCUT2D eigenvalue weighted by molar-refractivity contribution is 7.92. The minimum absolute atomic E-state index is 0.250. The van der Waals surface area contributed by atoms with E-state index in [4.69, 9.17) is 0 Å². The molecule has 5 nitrogen and oxygen atoms in total. The molecule has 2 bridgehead atoms. The van der Waals surface area contributed by atoms with Gasteiger partial charge in [-0.15, -0.1) is 0 Å². The minimum Gasteiger partial charge on any atom is -0.312 e. The van der Waals surface area contributed by atoms with Crippen LogP contribution < -0.4 is 5.32 Å². The average Bonchev–Trinajstić information content (AvgIpc) is 3.12. The predicted molar refractivity (Wildman–Crippen MR) is 127 cm³/mol. The summed E-state index contributed by atoms with van der Waals surface area (Å²) >= 11 is 0. The summed E-state index contributed by atoms with van der Waals surface area (Å²) in [5, 5.41) is 3.50. The summed E-state index contributed by atoms with van der Waals surface area (Å²) in [5.41, 5.74) is 2.35. The second-order valence-electron chi connectivity index (χ2n) is 8.80. The zero-order valence-corrected chi connectivity index (χ0v) is 18.9. The number of rotatable bonds is 6. The molecular weight excluding hydrogens is 418 g/mol. The number of piperazine rings is 1. The van der Waals surface area contributed by atoms with Crippen molar-refractivity contribution >= 4 is 9.84 Å². The lowest BCUT2D eigenvalue weighted by molar-refractivity contribution is 0.0193. The van der Waals surface area contributed by atoms with Crippen molar-refractivity contribution in [3.8, 4) is 0 Å². The number of hydrogen-bond donors (Lipinski definition) is 1. The van der Waals surface area contributed by atoms with E-state index in [1.54, 1.807) is 12.1 Å². The Bertz CT molecular complexity index is 1140. The number of fused-ring (bicyclic) bond motifs is 4. The molecule has 3 saturated heterocycles. The van der Waals surface area contributed by atoms with E-state index < -0.39 is 14.7 Å². The molecule has 32 heavy (non-hydrogen) atoms. The molecule has 0 radical (unpaired) electrons. The zero-order chi connectivity index (χ0) is 22.0. The van der Waals surface area contributed by atoms with Gasteiger partial charge in [0.05, 0.1) is 4.90 Å². The predicted octanol–water partition coefficient (Wildman–Crippen LogP) is 3.15. The van der Waals surface area contributed by atoms with Crippen LogP contribution in [0.5, 0.6) is 0 Å². The highest BCUT2D eigenvalue weighted by Gasteiger charge is 2.56. The molecule has 0 spiro atoms. The van der Waals surface area contributed by atoms with Gasteiger partial charge in [0.2, 0.25) is 0 Å². The number of nitrogens with zero attached hydrogens (tertiary/aromatic N) is 2. The summed E-state index contributed by atoms with van der Waals surface area (Å²) in [6.45, 7) is 3.75. The van der Waals surface area contributed by atoms with Crippen LogP contribution in [0.4, 0.5) is 0 Å². The molecule has 3 fully saturated rings. The molecule has 3 aliphatic heterocycles. The monoisotopic (exact) mass is 447 g/mol. The van der Waals surface area contributed by atoms with Crippen molar-refractivity contribution in [1.29, 1.82) is 0 Å². The number of sulfone groups is 1. The molecule has 3 heterocycles. The van der Waals surface area contributed by atoms with Gasteiger partial charge in [0, 0.05) is 45.3 Å². The lowest BCUT2D eigenvalue weighted by atomic mass is 10.0. The Balaban J connectivity index is 1.56. The van der Waals surface area contributed by atoms with Gasteiger partial charge in [-0.1, -0.05) is 78.9 Å². The van der Waals surface area contributed by atoms with Gasteiger partial charge >= 0.3 is 0 Å². The minimum atomic E-state index is -3.63. The van der Waals surface area contributed by atoms with Crippen molar-refractivity contribution < 1.29 is 8.42 Å². The molecule has 0 amide bonds. The highest BCUT2D eigenvalue weighted by atomic mass is 32.2. The van der Waals surface area contributed by atoms with E-state index in [2.05, 4.69) is 39.4 Å². The van der Waals surface area contributed by atoms with E-state index in [1.807, 2.05) is 54.6 Å². The number of hydrogen-bond acceptors (Lipinski definition) is 5. The van der Waals surface area contributed by atoms with E-state index in [0.717, 1.165) is 18.7 Å². The van der Waals surface area contributed by atoms with Gasteiger partial charge in [0.15, 0.2) is 14.7 Å². The normalized spacial score (nSPS) is 24.3. The molecule has 0 saturated carbocycles. The van der Waals surface area contributed by atoms with Gasteiger partial charge in [0.25, 0.3) is 0 Å². The fourth-order valence-electron chi connectivity index (χ4n) is 5.06. The molecule has 2 unspecified atom stereocenters. The highest BCUT2D eigenvalue weighted by Crippen LogP contribution is 2.37. The van der Waals surface area contributed by atoms with Gasteiger partial charge in [-0.2, -0.15) is 0 Å². The first-order valence-corrected chi connectivity index (χ1v) is 12.6. The third-order valence-electron chi connectivity index (χ3n) is 6.75. The maximum atomic E-state index is 14.2. The fourth-order valence-corrected chi connectivity index (χ4v) is 7.12. The SMILES string of the molecule is O=S(=O)(c1ccccc1)C12CNCC(CN1Cc1ccccc1)N(Cc1ccccc1)C2. The molecule has 6 heteroatoms. The standard InChI is InChI=1S/C26H29N3O2S/c30-32(31,25-14-8-3-9-15-25)26-20-27-16-24(19-29(26)18-23-12-6-2-7-13-23)28(21-26)17-22-10-4-1-5-11-22/h1-15,24,27H,16-21H2. The lowest BCUT2D eigenvalue weighted by Gasteiger charge is -2.50. The van der Waals surface area contributed by atoms with E-state index in [0.29, 0.717) is 31.1 Å². The molecule has 0 aliphatic carbocycles. The first-order chi connectivity index (χ1) is 15.6. The van der Waals surface area contributed by atoms with Crippen molar-refractivity contribution in [2.75, 3.05) is 26.2 Å². The van der Waals surface area contributed by atoms with Crippen LogP contribution in [0, 0.1) is 0 Å². The lowest BCUT2D eigenvalue weighted by Crippen LogP contribution is -2.68. The second-order valence-corrected chi connectivity index (χ2v) is 11.0. The smallest absolute Gasteiger partial charge is 0.199 e. The molecular formula is C26H29N3O2S. The Morgan fingerprint density at radius 2 is 1.38 bits per heavy atom. The summed E-state index contributed by atoms with van der Waals surface area (Å²) in [6, 6.07) is 29.7. The van der Waals surface area contributed by atoms with Crippen molar-refractivity contribution in [2.45, 2.75) is 28.9 Å². The van der Waals surface area contributed by atoms with Crippen molar-refractivity contribution in [1.82, 2.24) is 15.1 Å². The van der Waals surface area contributed by atoms with Crippen LogP contribution in [0.15, 0.2) is 95.9 Å². The molecule has 3 aliphatic rings. The van der Waals surface area contributed by atoms with Crippen molar-refractivity contribution in [3.63, 3.8) is 0 Å². The molecule has 2 atom stereocenters. The first-order valence-electron chi connectivity index (χ1n) is 11.2. The molecule has 3 aromatic carbocycles. The third-order valence-corrected chi connectivity index (χ3v) is 9.18. The first kappa shape index (κ1) is 21.3. The largest absolute Gasteiger partial charge is 0.312 e. The van der Waals surface area contributed by atoms with E-state index in [9.17, 15) is 8.42 Å². The van der Waals surface area contributed by atoms with Crippen molar-refractivity contribution in [3.05, 3.63) is 102 Å². The van der Waals surface area contributed by atoms with Gasteiger partial charge in [-0.3, -0.25) is 9.80 Å². The van der Waals surface area contributed by atoms with Crippen LogP contribution >= 0.6 is 0 Å². The van der Waals surface area contributed by atoms with Crippen LogP contribution in [-0.4, -0.2) is 55.3 Å². The second kappa shape index (κ2) is 8.79. The molecule has 1 N–H and O–H groups in total. The summed E-state index contributed by atoms with van der Waals surface area (Å²) in [6.07, 6.45) is 0. The zero-order valence-electron chi connectivity index (χ0n) is 18.1. The van der Waals surface area contributed by atoms with Crippen LogP contribution in [0.2, 0.25) is 0 Å². The summed E-state index contributed by atoms with van der Waals surface area (Å²) in [7, 11) is -3.63. The van der Waals surface area contributed by atoms with Gasteiger partial charge in [-0.25, -0.2) is 8.42 Å². The topological polar surface area (TPSA) is 52.7 Å². The Morgan fingerprint density at radius 1 is 0.812 bits per heavy atom. The Morgan fingerprint density at radius 3 is 2.00 bits per heavy atom. The molecule has 6 rings (SSSR count).